The summed E-state index contributed by atoms with van der Waals surface area (Å²) >= 11 is 0. The molecule has 1 saturated heterocycles. The predicted octanol–water partition coefficient (Wildman–Crippen LogP) is 4.07. The van der Waals surface area contributed by atoms with Crippen molar-refractivity contribution in [3.05, 3.63) is 33.9 Å². The maximum atomic E-state index is 12.4. The molecule has 1 aromatic rings. The molecule has 1 N–H and O–H groups in total. The normalized spacial score (nSPS) is 24.2. The van der Waals surface area contributed by atoms with Gasteiger partial charge in [-0.25, -0.2) is 4.79 Å². The van der Waals surface area contributed by atoms with Crippen molar-refractivity contribution >= 4 is 23.3 Å². The quantitative estimate of drug-likeness (QED) is 0.414. The second-order valence-corrected chi connectivity index (χ2v) is 8.88. The van der Waals surface area contributed by atoms with Crippen LogP contribution in [0.25, 0.3) is 0 Å². The number of esters is 1. The first kappa shape index (κ1) is 23.0. The molecule has 2 aliphatic rings. The van der Waals surface area contributed by atoms with Crippen LogP contribution in [0, 0.1) is 22.0 Å². The predicted molar refractivity (Wildman–Crippen MR) is 118 cm³/mol. The van der Waals surface area contributed by atoms with Crippen molar-refractivity contribution in [2.75, 3.05) is 24.6 Å². The Morgan fingerprint density at radius 2 is 1.84 bits per heavy atom. The summed E-state index contributed by atoms with van der Waals surface area (Å²) in [6, 6.07) is 4.50. The van der Waals surface area contributed by atoms with E-state index in [1.165, 1.54) is 6.07 Å². The lowest BCUT2D eigenvalue weighted by atomic mass is 9.78. The molecule has 0 aromatic heterocycles. The Labute approximate surface area is 183 Å². The highest BCUT2D eigenvalue weighted by molar-refractivity contribution is 5.93. The molecule has 31 heavy (non-hydrogen) atoms. The number of carbonyl (C=O) groups is 2. The summed E-state index contributed by atoms with van der Waals surface area (Å²) in [7, 11) is 0. The topological polar surface area (TPSA) is 102 Å². The molecule has 1 aromatic carbocycles. The van der Waals surface area contributed by atoms with E-state index in [-0.39, 0.29) is 23.2 Å². The molecule has 1 saturated carbocycles. The molecule has 2 fully saturated rings. The van der Waals surface area contributed by atoms with Crippen molar-refractivity contribution in [1.29, 1.82) is 0 Å². The second kappa shape index (κ2) is 10.6. The van der Waals surface area contributed by atoms with E-state index >= 15 is 0 Å². The molecule has 1 aliphatic carbocycles. The van der Waals surface area contributed by atoms with Gasteiger partial charge in [-0.05, 0) is 43.2 Å². The van der Waals surface area contributed by atoms with Crippen LogP contribution in [0.15, 0.2) is 18.2 Å². The van der Waals surface area contributed by atoms with Gasteiger partial charge in [0.05, 0.1) is 10.5 Å². The zero-order valence-electron chi connectivity index (χ0n) is 18.5. The third-order valence-electron chi connectivity index (χ3n) is 6.74. The number of ether oxygens (including phenoxy) is 1. The number of nitro groups is 1. The average molecular weight is 432 g/mol. The van der Waals surface area contributed by atoms with Gasteiger partial charge < -0.3 is 15.0 Å². The highest BCUT2D eigenvalue weighted by Crippen LogP contribution is 2.31. The Balaban J connectivity index is 1.61. The molecule has 1 aliphatic heterocycles. The number of nitro benzene ring substituents is 1. The molecule has 0 bridgehead atoms. The van der Waals surface area contributed by atoms with Crippen LogP contribution in [0.3, 0.4) is 0 Å². The number of hydrogen-bond donors (Lipinski definition) is 1. The summed E-state index contributed by atoms with van der Waals surface area (Å²) in [5.41, 5.74) is 0.505. The van der Waals surface area contributed by atoms with Gasteiger partial charge in [-0.2, -0.15) is 0 Å². The minimum absolute atomic E-state index is 0.0812. The van der Waals surface area contributed by atoms with E-state index in [4.69, 9.17) is 4.74 Å². The summed E-state index contributed by atoms with van der Waals surface area (Å²) in [5.74, 6) is -0.145. The summed E-state index contributed by atoms with van der Waals surface area (Å²) in [4.78, 5) is 37.9. The minimum Gasteiger partial charge on any atom is -0.452 e. The van der Waals surface area contributed by atoms with Gasteiger partial charge in [-0.1, -0.05) is 39.5 Å². The molecule has 0 spiro atoms. The molecule has 8 heteroatoms. The first-order chi connectivity index (χ1) is 14.9. The molecule has 0 radical (unpaired) electrons. The van der Waals surface area contributed by atoms with Gasteiger partial charge in [-0.15, -0.1) is 0 Å². The lowest BCUT2D eigenvalue weighted by Crippen LogP contribution is -2.45. The summed E-state index contributed by atoms with van der Waals surface area (Å²) < 4.78 is 5.15. The Morgan fingerprint density at radius 3 is 2.52 bits per heavy atom. The van der Waals surface area contributed by atoms with Crippen LogP contribution in [0.1, 0.15) is 69.2 Å². The van der Waals surface area contributed by atoms with Crippen molar-refractivity contribution in [1.82, 2.24) is 5.32 Å². The van der Waals surface area contributed by atoms with Gasteiger partial charge >= 0.3 is 5.97 Å². The zero-order valence-corrected chi connectivity index (χ0v) is 18.5. The molecule has 8 nitrogen and oxygen atoms in total. The first-order valence-corrected chi connectivity index (χ1v) is 11.4. The van der Waals surface area contributed by atoms with E-state index in [2.05, 4.69) is 19.2 Å². The van der Waals surface area contributed by atoms with Crippen LogP contribution >= 0.6 is 0 Å². The standard InChI is InChI=1S/C23H33N3O5/c1-16-8-7-9-19(17(16)2)24-22(27)15-31-23(28)18-10-11-20(21(14-18)26(29)30)25-12-5-3-4-6-13-25/h10-11,14,16-17,19H,3-9,12-13,15H2,1-2H3,(H,24,27)/t16-,17+,19+/m0/s1. The first-order valence-electron chi connectivity index (χ1n) is 11.4. The van der Waals surface area contributed by atoms with E-state index in [0.717, 1.165) is 58.0 Å². The van der Waals surface area contributed by atoms with Crippen LogP contribution in [-0.2, 0) is 9.53 Å². The zero-order chi connectivity index (χ0) is 22.4. The van der Waals surface area contributed by atoms with Crippen molar-refractivity contribution in [3.63, 3.8) is 0 Å². The number of amides is 1. The molecule has 3 atom stereocenters. The number of nitrogens with one attached hydrogen (secondary N) is 1. The van der Waals surface area contributed by atoms with Gasteiger partial charge in [0, 0.05) is 25.2 Å². The maximum absolute atomic E-state index is 12.4. The van der Waals surface area contributed by atoms with Crippen molar-refractivity contribution in [2.24, 2.45) is 11.8 Å². The summed E-state index contributed by atoms with van der Waals surface area (Å²) in [6.45, 7) is 5.46. The molecular formula is C23H33N3O5. The number of anilines is 1. The van der Waals surface area contributed by atoms with Crippen LogP contribution in [0.5, 0.6) is 0 Å². The van der Waals surface area contributed by atoms with E-state index in [1.54, 1.807) is 12.1 Å². The highest BCUT2D eigenvalue weighted by Gasteiger charge is 2.28. The van der Waals surface area contributed by atoms with Gasteiger partial charge in [-0.3, -0.25) is 14.9 Å². The van der Waals surface area contributed by atoms with Crippen LogP contribution in [-0.4, -0.2) is 42.5 Å². The molecule has 3 rings (SSSR count). The Morgan fingerprint density at radius 1 is 1.13 bits per heavy atom. The second-order valence-electron chi connectivity index (χ2n) is 8.88. The van der Waals surface area contributed by atoms with E-state index in [9.17, 15) is 19.7 Å². The van der Waals surface area contributed by atoms with Gasteiger partial charge in [0.15, 0.2) is 6.61 Å². The Bertz CT molecular complexity index is 804. The molecular weight excluding hydrogens is 398 g/mol. The van der Waals surface area contributed by atoms with E-state index < -0.39 is 17.5 Å². The molecule has 1 amide bonds. The van der Waals surface area contributed by atoms with Crippen molar-refractivity contribution in [3.8, 4) is 0 Å². The van der Waals surface area contributed by atoms with E-state index in [1.807, 2.05) is 4.90 Å². The number of hydrogen-bond acceptors (Lipinski definition) is 6. The SMILES string of the molecule is C[C@@H]1[C@@H](C)CCC[C@H]1NC(=O)COC(=O)c1ccc(N2CCCCCC2)c([N+](=O)[O-])c1. The minimum atomic E-state index is -0.731. The van der Waals surface area contributed by atoms with Crippen LogP contribution in [0.4, 0.5) is 11.4 Å². The third kappa shape index (κ3) is 5.95. The molecule has 0 unspecified atom stereocenters. The fourth-order valence-electron chi connectivity index (χ4n) is 4.62. The van der Waals surface area contributed by atoms with Gasteiger partial charge in [0.25, 0.3) is 11.6 Å². The number of rotatable bonds is 6. The van der Waals surface area contributed by atoms with Crippen molar-refractivity contribution < 1.29 is 19.2 Å². The van der Waals surface area contributed by atoms with Crippen molar-refractivity contribution in [2.45, 2.75) is 64.8 Å². The molecule has 1 heterocycles. The van der Waals surface area contributed by atoms with E-state index in [0.29, 0.717) is 17.5 Å². The Hall–Kier alpha value is -2.64. The van der Waals surface area contributed by atoms with Gasteiger partial charge in [0.1, 0.15) is 5.69 Å². The fraction of sp³-hybridized carbons (Fsp3) is 0.652. The maximum Gasteiger partial charge on any atom is 0.338 e. The summed E-state index contributed by atoms with van der Waals surface area (Å²) in [5, 5.41) is 14.6. The van der Waals surface area contributed by atoms with Gasteiger partial charge in [0.2, 0.25) is 0 Å². The average Bonchev–Trinajstić information content (AvgIpc) is 3.04. The number of benzene rings is 1. The van der Waals surface area contributed by atoms with Crippen LogP contribution in [0.2, 0.25) is 0 Å². The smallest absolute Gasteiger partial charge is 0.338 e. The summed E-state index contributed by atoms with van der Waals surface area (Å²) in [6.07, 6.45) is 7.39. The number of nitrogens with zero attached hydrogens (tertiary/aromatic N) is 2. The Kier molecular flexibility index (Phi) is 7.87. The fourth-order valence-corrected chi connectivity index (χ4v) is 4.62. The number of carbonyl (C=O) groups excluding carboxylic acids is 2. The van der Waals surface area contributed by atoms with Crippen LogP contribution < -0.4 is 10.2 Å². The highest BCUT2D eigenvalue weighted by atomic mass is 16.6. The molecule has 170 valence electrons. The largest absolute Gasteiger partial charge is 0.452 e. The lowest BCUT2D eigenvalue weighted by Gasteiger charge is -2.34. The third-order valence-corrected chi connectivity index (χ3v) is 6.74. The monoisotopic (exact) mass is 431 g/mol. The lowest BCUT2D eigenvalue weighted by molar-refractivity contribution is -0.384.